The SMILES string of the molecule is c1ccc(-c2nc(-c3ccc4ccc5c6cnccc6sc5c4c3)nc(-c3cc4ccc5ccccc5c4c4ccccc34)n2)cc1. The molecule has 0 fully saturated rings. The molecule has 0 aliphatic rings. The van der Waals surface area contributed by atoms with Gasteiger partial charge in [0.1, 0.15) is 0 Å². The van der Waals surface area contributed by atoms with Crippen LogP contribution in [0, 0.1) is 0 Å². The van der Waals surface area contributed by atoms with Crippen molar-refractivity contribution < 1.29 is 0 Å². The first kappa shape index (κ1) is 26.2. The first-order chi connectivity index (χ1) is 23.3. The van der Waals surface area contributed by atoms with Gasteiger partial charge in [-0.15, -0.1) is 11.3 Å². The summed E-state index contributed by atoms with van der Waals surface area (Å²) in [6, 6.07) is 47.1. The molecule has 0 saturated carbocycles. The van der Waals surface area contributed by atoms with Crippen molar-refractivity contribution in [3.63, 3.8) is 0 Å². The van der Waals surface area contributed by atoms with Gasteiger partial charge in [0.05, 0.1) is 0 Å². The number of benzene rings is 7. The molecule has 4 nitrogen and oxygen atoms in total. The zero-order valence-corrected chi connectivity index (χ0v) is 25.9. The second-order valence-electron chi connectivity index (χ2n) is 11.9. The third-order valence-electron chi connectivity index (χ3n) is 9.17. The number of fused-ring (bicyclic) bond motifs is 10. The fourth-order valence-electron chi connectivity index (χ4n) is 6.94. The van der Waals surface area contributed by atoms with Gasteiger partial charge in [-0.25, -0.2) is 15.0 Å². The van der Waals surface area contributed by atoms with Crippen molar-refractivity contribution >= 4 is 74.6 Å². The van der Waals surface area contributed by atoms with E-state index >= 15 is 0 Å². The number of pyridine rings is 1. The van der Waals surface area contributed by atoms with Crippen LogP contribution < -0.4 is 0 Å². The summed E-state index contributed by atoms with van der Waals surface area (Å²) in [4.78, 5) is 19.8. The van der Waals surface area contributed by atoms with Crippen LogP contribution in [-0.2, 0) is 0 Å². The van der Waals surface area contributed by atoms with Crippen LogP contribution in [0.2, 0.25) is 0 Å². The summed E-state index contributed by atoms with van der Waals surface area (Å²) in [7, 11) is 0. The lowest BCUT2D eigenvalue weighted by Gasteiger charge is -2.14. The van der Waals surface area contributed by atoms with E-state index in [0.717, 1.165) is 27.5 Å². The molecular weight excluding hydrogens is 593 g/mol. The van der Waals surface area contributed by atoms with Gasteiger partial charge in [0, 0.05) is 54.6 Å². The van der Waals surface area contributed by atoms with E-state index in [0.29, 0.717) is 17.5 Å². The molecule has 218 valence electrons. The Balaban J connectivity index is 1.25. The fourth-order valence-corrected chi connectivity index (χ4v) is 8.14. The average Bonchev–Trinajstić information content (AvgIpc) is 3.53. The molecule has 10 rings (SSSR count). The number of hydrogen-bond donors (Lipinski definition) is 0. The molecule has 0 atom stereocenters. The number of thiophene rings is 1. The maximum atomic E-state index is 5.22. The molecule has 0 aliphatic carbocycles. The van der Waals surface area contributed by atoms with E-state index in [2.05, 4.69) is 120 Å². The molecular formula is C42H24N4S. The van der Waals surface area contributed by atoms with E-state index in [1.807, 2.05) is 30.6 Å². The van der Waals surface area contributed by atoms with E-state index in [9.17, 15) is 0 Å². The Hall–Kier alpha value is -6.04. The molecule has 0 amide bonds. The summed E-state index contributed by atoms with van der Waals surface area (Å²) >= 11 is 1.81. The Kier molecular flexibility index (Phi) is 5.71. The van der Waals surface area contributed by atoms with Gasteiger partial charge < -0.3 is 0 Å². The van der Waals surface area contributed by atoms with Crippen molar-refractivity contribution in [2.45, 2.75) is 0 Å². The first-order valence-corrected chi connectivity index (χ1v) is 16.4. The lowest BCUT2D eigenvalue weighted by Crippen LogP contribution is -2.01. The molecule has 3 heterocycles. The highest BCUT2D eigenvalue weighted by molar-refractivity contribution is 7.26. The van der Waals surface area contributed by atoms with Crippen molar-refractivity contribution in [2.24, 2.45) is 0 Å². The Morgan fingerprint density at radius 3 is 2.00 bits per heavy atom. The van der Waals surface area contributed by atoms with Crippen molar-refractivity contribution in [3.8, 4) is 34.2 Å². The molecule has 3 aromatic heterocycles. The highest BCUT2D eigenvalue weighted by atomic mass is 32.1. The number of nitrogens with zero attached hydrogens (tertiary/aromatic N) is 4. The summed E-state index contributed by atoms with van der Waals surface area (Å²) in [5.41, 5.74) is 2.90. The van der Waals surface area contributed by atoms with Crippen LogP contribution in [-0.4, -0.2) is 19.9 Å². The molecule has 7 aromatic carbocycles. The van der Waals surface area contributed by atoms with Gasteiger partial charge >= 0.3 is 0 Å². The summed E-state index contributed by atoms with van der Waals surface area (Å²) in [6.45, 7) is 0. The Labute approximate surface area is 273 Å². The van der Waals surface area contributed by atoms with Gasteiger partial charge in [0.15, 0.2) is 17.5 Å². The molecule has 5 heteroatoms. The predicted octanol–water partition coefficient (Wildman–Crippen LogP) is 11.2. The fraction of sp³-hybridized carbons (Fsp3) is 0. The quantitative estimate of drug-likeness (QED) is 0.185. The molecule has 0 radical (unpaired) electrons. The lowest BCUT2D eigenvalue weighted by molar-refractivity contribution is 1.08. The first-order valence-electron chi connectivity index (χ1n) is 15.6. The summed E-state index contributed by atoms with van der Waals surface area (Å²) < 4.78 is 2.48. The summed E-state index contributed by atoms with van der Waals surface area (Å²) in [5.74, 6) is 1.96. The molecule has 10 aromatic rings. The van der Waals surface area contributed by atoms with Crippen LogP contribution in [0.5, 0.6) is 0 Å². The minimum Gasteiger partial charge on any atom is -0.264 e. The third-order valence-corrected chi connectivity index (χ3v) is 10.4. The van der Waals surface area contributed by atoms with Crippen LogP contribution in [0.4, 0.5) is 0 Å². The predicted molar refractivity (Wildman–Crippen MR) is 197 cm³/mol. The van der Waals surface area contributed by atoms with E-state index in [1.165, 1.54) is 52.5 Å². The zero-order chi connectivity index (χ0) is 30.9. The van der Waals surface area contributed by atoms with Crippen molar-refractivity contribution in [2.75, 3.05) is 0 Å². The third kappa shape index (κ3) is 4.14. The molecule has 0 spiro atoms. The maximum Gasteiger partial charge on any atom is 0.164 e. The molecule has 0 saturated heterocycles. The minimum absolute atomic E-state index is 0.651. The lowest BCUT2D eigenvalue weighted by atomic mass is 9.93. The normalized spacial score (nSPS) is 11.8. The van der Waals surface area contributed by atoms with Gasteiger partial charge in [0.25, 0.3) is 0 Å². The highest BCUT2D eigenvalue weighted by Gasteiger charge is 2.18. The maximum absolute atomic E-state index is 5.22. The van der Waals surface area contributed by atoms with E-state index < -0.39 is 0 Å². The molecule has 0 bridgehead atoms. The Morgan fingerprint density at radius 1 is 0.426 bits per heavy atom. The number of rotatable bonds is 3. The Bertz CT molecular complexity index is 2860. The van der Waals surface area contributed by atoms with Crippen LogP contribution >= 0.6 is 11.3 Å². The van der Waals surface area contributed by atoms with Gasteiger partial charge in [-0.05, 0) is 55.9 Å². The van der Waals surface area contributed by atoms with E-state index in [4.69, 9.17) is 15.0 Å². The average molecular weight is 617 g/mol. The molecule has 0 unspecified atom stereocenters. The minimum atomic E-state index is 0.651. The van der Waals surface area contributed by atoms with Gasteiger partial charge in [-0.1, -0.05) is 115 Å². The summed E-state index contributed by atoms with van der Waals surface area (Å²) in [6.07, 6.45) is 3.83. The molecule has 47 heavy (non-hydrogen) atoms. The second kappa shape index (κ2) is 10.2. The molecule has 0 N–H and O–H groups in total. The van der Waals surface area contributed by atoms with Crippen molar-refractivity contribution in [3.05, 3.63) is 146 Å². The van der Waals surface area contributed by atoms with Crippen LogP contribution in [0.1, 0.15) is 0 Å². The largest absolute Gasteiger partial charge is 0.264 e. The van der Waals surface area contributed by atoms with Crippen molar-refractivity contribution in [1.82, 2.24) is 19.9 Å². The van der Waals surface area contributed by atoms with Gasteiger partial charge in [-0.2, -0.15) is 0 Å². The Morgan fingerprint density at radius 2 is 1.11 bits per heavy atom. The number of hydrogen-bond acceptors (Lipinski definition) is 5. The van der Waals surface area contributed by atoms with E-state index in [-0.39, 0.29) is 0 Å². The van der Waals surface area contributed by atoms with Crippen LogP contribution in [0.25, 0.3) is 97.4 Å². The zero-order valence-electron chi connectivity index (χ0n) is 25.1. The standard InChI is InChI=1S/C42H24N4S/c1-2-9-27(10-3-1)40-44-41(29-17-15-26-18-19-33-36-24-43-21-20-37(36)47-39(33)34(26)23-29)46-42(45-40)35-22-28-16-14-25-8-4-5-11-30(25)38(28)32-13-7-6-12-31(32)35/h1-24H. The summed E-state index contributed by atoms with van der Waals surface area (Å²) in [5, 5.41) is 12.0. The molecule has 0 aliphatic heterocycles. The monoisotopic (exact) mass is 616 g/mol. The van der Waals surface area contributed by atoms with Crippen LogP contribution in [0.15, 0.2) is 146 Å². The van der Waals surface area contributed by atoms with E-state index in [1.54, 1.807) is 11.3 Å². The van der Waals surface area contributed by atoms with Crippen molar-refractivity contribution in [1.29, 1.82) is 0 Å². The smallest absolute Gasteiger partial charge is 0.164 e. The van der Waals surface area contributed by atoms with Gasteiger partial charge in [0.2, 0.25) is 0 Å². The topological polar surface area (TPSA) is 51.6 Å². The number of aromatic nitrogens is 4. The van der Waals surface area contributed by atoms with Crippen LogP contribution in [0.3, 0.4) is 0 Å². The highest BCUT2D eigenvalue weighted by Crippen LogP contribution is 2.41. The van der Waals surface area contributed by atoms with Gasteiger partial charge in [-0.3, -0.25) is 4.98 Å². The second-order valence-corrected chi connectivity index (χ2v) is 12.9.